The maximum atomic E-state index is 5.93. The number of aromatic nitrogens is 2. The van der Waals surface area contributed by atoms with E-state index in [0.29, 0.717) is 5.02 Å². The third-order valence-electron chi connectivity index (χ3n) is 2.55. The van der Waals surface area contributed by atoms with Gasteiger partial charge in [0.25, 0.3) is 0 Å². The maximum Gasteiger partial charge on any atom is 0.0814 e. The van der Waals surface area contributed by atoms with Crippen LogP contribution < -0.4 is 5.73 Å². The van der Waals surface area contributed by atoms with E-state index in [1.165, 1.54) is 0 Å². The highest BCUT2D eigenvalue weighted by atomic mass is 35.5. The first-order valence-electron chi connectivity index (χ1n) is 5.20. The summed E-state index contributed by atoms with van der Waals surface area (Å²) in [4.78, 5) is 0. The van der Waals surface area contributed by atoms with Crippen molar-refractivity contribution in [3.63, 3.8) is 0 Å². The van der Waals surface area contributed by atoms with Gasteiger partial charge in [-0.15, -0.1) is 0 Å². The monoisotopic (exact) mass is 235 g/mol. The molecule has 1 heterocycles. The molecule has 2 aromatic rings. The molecule has 84 valence electrons. The van der Waals surface area contributed by atoms with Crippen molar-refractivity contribution in [1.29, 1.82) is 0 Å². The van der Waals surface area contributed by atoms with Gasteiger partial charge in [0.15, 0.2) is 0 Å². The van der Waals surface area contributed by atoms with Crippen LogP contribution in [0.4, 0.5) is 5.69 Å². The largest absolute Gasteiger partial charge is 0.399 e. The Labute approximate surface area is 99.8 Å². The van der Waals surface area contributed by atoms with Crippen molar-refractivity contribution < 1.29 is 0 Å². The third-order valence-corrected chi connectivity index (χ3v) is 2.92. The number of para-hydroxylation sites is 1. The van der Waals surface area contributed by atoms with E-state index in [0.717, 1.165) is 29.9 Å². The van der Waals surface area contributed by atoms with E-state index in [9.17, 15) is 0 Å². The first-order valence-corrected chi connectivity index (χ1v) is 5.57. The molecule has 2 rings (SSSR count). The second-order valence-electron chi connectivity index (χ2n) is 3.77. The van der Waals surface area contributed by atoms with Gasteiger partial charge in [-0.2, -0.15) is 5.10 Å². The van der Waals surface area contributed by atoms with E-state index in [-0.39, 0.29) is 0 Å². The maximum absolute atomic E-state index is 5.93. The molecule has 0 saturated heterocycles. The summed E-state index contributed by atoms with van der Waals surface area (Å²) in [5.74, 6) is 0. The Hall–Kier alpha value is -1.48. The molecular formula is C12H14ClN3. The number of halogens is 1. The molecule has 0 aliphatic carbocycles. The van der Waals surface area contributed by atoms with Gasteiger partial charge in [0.05, 0.1) is 10.7 Å². The zero-order valence-corrected chi connectivity index (χ0v) is 9.91. The molecule has 4 heteroatoms. The summed E-state index contributed by atoms with van der Waals surface area (Å²) in [5.41, 5.74) is 8.70. The average Bonchev–Trinajstić information content (AvgIpc) is 2.57. The minimum absolute atomic E-state index is 0.709. The second-order valence-corrected chi connectivity index (χ2v) is 4.18. The molecule has 2 N–H and O–H groups in total. The van der Waals surface area contributed by atoms with Crippen molar-refractivity contribution in [2.45, 2.75) is 19.9 Å². The van der Waals surface area contributed by atoms with Gasteiger partial charge < -0.3 is 5.73 Å². The quantitative estimate of drug-likeness (QED) is 0.832. The number of nitrogen functional groups attached to an aromatic ring is 1. The van der Waals surface area contributed by atoms with E-state index >= 15 is 0 Å². The highest BCUT2D eigenvalue weighted by Crippen LogP contribution is 2.14. The molecule has 0 amide bonds. The molecule has 0 saturated carbocycles. The van der Waals surface area contributed by atoms with E-state index in [2.05, 4.69) is 5.10 Å². The van der Waals surface area contributed by atoms with Crippen LogP contribution in [0.25, 0.3) is 0 Å². The molecule has 0 aliphatic rings. The lowest BCUT2D eigenvalue weighted by atomic mass is 10.1. The Bertz CT molecular complexity index is 471. The van der Waals surface area contributed by atoms with Crippen LogP contribution in [0.3, 0.4) is 0 Å². The van der Waals surface area contributed by atoms with Crippen molar-refractivity contribution in [2.24, 2.45) is 0 Å². The van der Waals surface area contributed by atoms with Gasteiger partial charge >= 0.3 is 0 Å². The molecular weight excluding hydrogens is 222 g/mol. The standard InChI is InChI=1S/C12H14ClN3/c1-9-11(13)8-16(15-9)7-6-10-4-2-3-5-12(10)14/h2-5,8H,6-7,14H2,1H3. The first-order chi connectivity index (χ1) is 7.66. The molecule has 0 fully saturated rings. The molecule has 1 aromatic carbocycles. The van der Waals surface area contributed by atoms with Crippen LogP contribution in [0.15, 0.2) is 30.5 Å². The Morgan fingerprint density at radius 2 is 2.12 bits per heavy atom. The summed E-state index contributed by atoms with van der Waals surface area (Å²) in [5, 5.41) is 5.01. The van der Waals surface area contributed by atoms with Gasteiger partial charge in [-0.25, -0.2) is 0 Å². The third kappa shape index (κ3) is 2.36. The van der Waals surface area contributed by atoms with Crippen molar-refractivity contribution in [3.8, 4) is 0 Å². The van der Waals surface area contributed by atoms with Crippen LogP contribution in [-0.4, -0.2) is 9.78 Å². The summed E-state index contributed by atoms with van der Waals surface area (Å²) < 4.78 is 1.85. The number of benzene rings is 1. The lowest BCUT2D eigenvalue weighted by molar-refractivity contribution is 0.610. The van der Waals surface area contributed by atoms with Gasteiger partial charge in [0, 0.05) is 18.4 Å². The van der Waals surface area contributed by atoms with Crippen molar-refractivity contribution >= 4 is 17.3 Å². The van der Waals surface area contributed by atoms with E-state index in [1.807, 2.05) is 42.1 Å². The van der Waals surface area contributed by atoms with E-state index in [1.54, 1.807) is 0 Å². The van der Waals surface area contributed by atoms with Crippen LogP contribution >= 0.6 is 11.6 Å². The van der Waals surface area contributed by atoms with Crippen molar-refractivity contribution in [3.05, 3.63) is 46.7 Å². The Kier molecular flexibility index (Phi) is 3.15. The van der Waals surface area contributed by atoms with Gasteiger partial charge in [-0.3, -0.25) is 4.68 Å². The molecule has 0 bridgehead atoms. The lowest BCUT2D eigenvalue weighted by Gasteiger charge is -2.05. The van der Waals surface area contributed by atoms with Gasteiger partial charge in [-0.05, 0) is 25.0 Å². The normalized spacial score (nSPS) is 10.6. The predicted molar refractivity (Wildman–Crippen MR) is 66.5 cm³/mol. The minimum atomic E-state index is 0.709. The van der Waals surface area contributed by atoms with Crippen molar-refractivity contribution in [1.82, 2.24) is 9.78 Å². The summed E-state index contributed by atoms with van der Waals surface area (Å²) in [6, 6.07) is 7.88. The molecule has 1 aromatic heterocycles. The molecule has 16 heavy (non-hydrogen) atoms. The van der Waals surface area contributed by atoms with Gasteiger partial charge in [0.1, 0.15) is 0 Å². The predicted octanol–water partition coefficient (Wildman–Crippen LogP) is 2.67. The van der Waals surface area contributed by atoms with Crippen LogP contribution in [-0.2, 0) is 13.0 Å². The smallest absolute Gasteiger partial charge is 0.0814 e. The number of rotatable bonds is 3. The molecule has 0 spiro atoms. The summed E-state index contributed by atoms with van der Waals surface area (Å²) >= 11 is 5.93. The fourth-order valence-corrected chi connectivity index (χ4v) is 1.76. The molecule has 0 atom stereocenters. The van der Waals surface area contributed by atoms with Crippen LogP contribution in [0.2, 0.25) is 5.02 Å². The van der Waals surface area contributed by atoms with Crippen molar-refractivity contribution in [2.75, 3.05) is 5.73 Å². The zero-order valence-electron chi connectivity index (χ0n) is 9.15. The molecule has 3 nitrogen and oxygen atoms in total. The number of hydrogen-bond acceptors (Lipinski definition) is 2. The Balaban J connectivity index is 2.05. The summed E-state index contributed by atoms with van der Waals surface area (Å²) in [6.45, 7) is 2.69. The number of hydrogen-bond donors (Lipinski definition) is 1. The van der Waals surface area contributed by atoms with E-state index < -0.39 is 0 Å². The number of nitrogens with zero attached hydrogens (tertiary/aromatic N) is 2. The second kappa shape index (κ2) is 4.58. The molecule has 0 unspecified atom stereocenters. The van der Waals surface area contributed by atoms with E-state index in [4.69, 9.17) is 17.3 Å². The minimum Gasteiger partial charge on any atom is -0.399 e. The number of anilines is 1. The Morgan fingerprint density at radius 3 is 2.75 bits per heavy atom. The molecule has 0 aliphatic heterocycles. The first kappa shape index (κ1) is 11.0. The summed E-state index contributed by atoms with van der Waals surface area (Å²) in [7, 11) is 0. The Morgan fingerprint density at radius 1 is 1.38 bits per heavy atom. The SMILES string of the molecule is Cc1nn(CCc2ccccc2N)cc1Cl. The molecule has 0 radical (unpaired) electrons. The van der Waals surface area contributed by atoms with Gasteiger partial charge in [-0.1, -0.05) is 29.8 Å². The number of aryl methyl sites for hydroxylation is 3. The van der Waals surface area contributed by atoms with Gasteiger partial charge in [0.2, 0.25) is 0 Å². The fraction of sp³-hybridized carbons (Fsp3) is 0.250. The fourth-order valence-electron chi connectivity index (χ4n) is 1.60. The lowest BCUT2D eigenvalue weighted by Crippen LogP contribution is -2.04. The highest BCUT2D eigenvalue weighted by molar-refractivity contribution is 6.31. The zero-order chi connectivity index (χ0) is 11.5. The van der Waals surface area contributed by atoms with Crippen LogP contribution in [0.5, 0.6) is 0 Å². The average molecular weight is 236 g/mol. The van der Waals surface area contributed by atoms with Crippen LogP contribution in [0, 0.1) is 6.92 Å². The highest BCUT2D eigenvalue weighted by Gasteiger charge is 2.03. The topological polar surface area (TPSA) is 43.8 Å². The summed E-state index contributed by atoms with van der Waals surface area (Å²) in [6.07, 6.45) is 2.71. The number of nitrogens with two attached hydrogens (primary N) is 1. The van der Waals surface area contributed by atoms with Crippen LogP contribution in [0.1, 0.15) is 11.3 Å².